The first kappa shape index (κ1) is 30.5. The van der Waals surface area contributed by atoms with Crippen molar-refractivity contribution in [3.63, 3.8) is 0 Å². The lowest BCUT2D eigenvalue weighted by atomic mass is 9.72. The van der Waals surface area contributed by atoms with E-state index >= 15 is 0 Å². The van der Waals surface area contributed by atoms with Crippen molar-refractivity contribution in [2.75, 3.05) is 0 Å². The van der Waals surface area contributed by atoms with Crippen LogP contribution >= 0.6 is 0 Å². The van der Waals surface area contributed by atoms with E-state index in [1.54, 1.807) is 0 Å². The molecule has 256 valence electrons. The Bertz CT molecular complexity index is 3380. The van der Waals surface area contributed by atoms with Crippen molar-refractivity contribution >= 4 is 65.0 Å². The van der Waals surface area contributed by atoms with E-state index in [9.17, 15) is 0 Å². The quantitative estimate of drug-likeness (QED) is 0.132. The molecule has 1 unspecified atom stereocenters. The first-order chi connectivity index (χ1) is 27.2. The van der Waals surface area contributed by atoms with Gasteiger partial charge in [0.05, 0.1) is 0 Å². The van der Waals surface area contributed by atoms with Crippen molar-refractivity contribution in [3.8, 4) is 33.4 Å². The van der Waals surface area contributed by atoms with Crippen LogP contribution in [0.5, 0.6) is 0 Å². The van der Waals surface area contributed by atoms with Crippen LogP contribution in [0.25, 0.3) is 98.4 Å². The fourth-order valence-corrected chi connectivity index (χ4v) is 10.0. The Hall–Kier alpha value is -6.96. The molecule has 0 amide bonds. The van der Waals surface area contributed by atoms with Gasteiger partial charge in [0.15, 0.2) is 0 Å². The fourth-order valence-electron chi connectivity index (χ4n) is 10.0. The molecule has 0 aliphatic heterocycles. The second kappa shape index (κ2) is 11.3. The van der Waals surface area contributed by atoms with Crippen LogP contribution in [0.15, 0.2) is 192 Å². The highest BCUT2D eigenvalue weighted by molar-refractivity contribution is 6.28. The van der Waals surface area contributed by atoms with Crippen LogP contribution in [-0.2, 0) is 5.41 Å². The standard InChI is InChI=1S/C54H34O/c1-54(37-26-30-49-46(32-37)41-19-11-12-22-48(41)55-49)47-31-36(25-27-40(47)44-28-23-34-14-6-8-18-39(34)53(44)54)51-43-21-10-9-20-42(43)50(35-15-3-2-4-16-35)45-29-24-33-13-5-7-17-38(33)52(45)51/h2-32H,1H3. The topological polar surface area (TPSA) is 13.1 Å². The average Bonchev–Trinajstić information content (AvgIpc) is 3.75. The molecule has 1 aromatic heterocycles. The van der Waals surface area contributed by atoms with Gasteiger partial charge in [0.2, 0.25) is 0 Å². The minimum Gasteiger partial charge on any atom is -0.456 e. The third kappa shape index (κ3) is 4.18. The van der Waals surface area contributed by atoms with Gasteiger partial charge in [-0.15, -0.1) is 0 Å². The summed E-state index contributed by atoms with van der Waals surface area (Å²) in [6.45, 7) is 2.45. The number of rotatable bonds is 3. The summed E-state index contributed by atoms with van der Waals surface area (Å²) in [4.78, 5) is 0. The Morgan fingerprint density at radius 1 is 0.382 bits per heavy atom. The molecule has 0 saturated carbocycles. The zero-order valence-electron chi connectivity index (χ0n) is 30.3. The van der Waals surface area contributed by atoms with E-state index in [2.05, 4.69) is 189 Å². The molecule has 1 heterocycles. The third-order valence-electron chi connectivity index (χ3n) is 12.5. The molecule has 55 heavy (non-hydrogen) atoms. The summed E-state index contributed by atoms with van der Waals surface area (Å²) in [6, 6.07) is 69.5. The molecule has 1 heteroatoms. The maximum Gasteiger partial charge on any atom is 0.135 e. The number of hydrogen-bond donors (Lipinski definition) is 0. The number of hydrogen-bond acceptors (Lipinski definition) is 1. The highest BCUT2D eigenvalue weighted by Crippen LogP contribution is 2.57. The highest BCUT2D eigenvalue weighted by atomic mass is 16.3. The molecule has 11 aromatic rings. The minimum atomic E-state index is -0.439. The first-order valence-electron chi connectivity index (χ1n) is 19.2. The zero-order valence-corrected chi connectivity index (χ0v) is 30.3. The molecule has 0 N–H and O–H groups in total. The Labute approximate surface area is 318 Å². The Kier molecular flexibility index (Phi) is 6.25. The van der Waals surface area contributed by atoms with E-state index in [1.165, 1.54) is 93.2 Å². The van der Waals surface area contributed by atoms with Gasteiger partial charge in [-0.3, -0.25) is 0 Å². The average molecular weight is 699 g/mol. The SMILES string of the molecule is CC1(c2ccc3oc4ccccc4c3c2)c2cc(-c3c4ccccc4c(-c4ccccc4)c4ccc5ccccc5c34)ccc2-c2ccc3ccccc3c21. The van der Waals surface area contributed by atoms with Crippen LogP contribution in [0, 0.1) is 0 Å². The molecular formula is C54H34O. The van der Waals surface area contributed by atoms with Gasteiger partial charge in [0, 0.05) is 16.2 Å². The van der Waals surface area contributed by atoms with Crippen LogP contribution in [0.3, 0.4) is 0 Å². The van der Waals surface area contributed by atoms with E-state index in [-0.39, 0.29) is 0 Å². The van der Waals surface area contributed by atoms with Crippen molar-refractivity contribution in [2.24, 2.45) is 0 Å². The molecule has 1 nitrogen and oxygen atoms in total. The van der Waals surface area contributed by atoms with Gasteiger partial charge in [-0.2, -0.15) is 0 Å². The van der Waals surface area contributed by atoms with Gasteiger partial charge in [0.1, 0.15) is 11.2 Å². The molecule has 10 aromatic carbocycles. The van der Waals surface area contributed by atoms with Gasteiger partial charge in [-0.25, -0.2) is 0 Å². The second-order valence-corrected chi connectivity index (χ2v) is 15.3. The highest BCUT2D eigenvalue weighted by Gasteiger charge is 2.42. The number of fused-ring (bicyclic) bond motifs is 12. The van der Waals surface area contributed by atoms with Crippen LogP contribution in [0.1, 0.15) is 23.6 Å². The van der Waals surface area contributed by atoms with Gasteiger partial charge in [0.25, 0.3) is 0 Å². The van der Waals surface area contributed by atoms with Gasteiger partial charge >= 0.3 is 0 Å². The van der Waals surface area contributed by atoms with E-state index in [1.807, 2.05) is 6.07 Å². The molecule has 1 aliphatic rings. The van der Waals surface area contributed by atoms with E-state index < -0.39 is 5.41 Å². The third-order valence-corrected chi connectivity index (χ3v) is 12.5. The molecule has 0 radical (unpaired) electrons. The van der Waals surface area contributed by atoms with Crippen molar-refractivity contribution < 1.29 is 4.42 Å². The maximum absolute atomic E-state index is 6.35. The molecule has 12 rings (SSSR count). The van der Waals surface area contributed by atoms with Gasteiger partial charge < -0.3 is 4.42 Å². The number of para-hydroxylation sites is 1. The van der Waals surface area contributed by atoms with Crippen molar-refractivity contribution in [1.82, 2.24) is 0 Å². The monoisotopic (exact) mass is 698 g/mol. The normalized spacial score (nSPS) is 15.1. The molecular weight excluding hydrogens is 665 g/mol. The first-order valence-corrected chi connectivity index (χ1v) is 19.2. The minimum absolute atomic E-state index is 0.439. The summed E-state index contributed by atoms with van der Waals surface area (Å²) >= 11 is 0. The smallest absolute Gasteiger partial charge is 0.135 e. The lowest BCUT2D eigenvalue weighted by molar-refractivity contribution is 0.667. The summed E-state index contributed by atoms with van der Waals surface area (Å²) in [5.74, 6) is 0. The van der Waals surface area contributed by atoms with E-state index in [4.69, 9.17) is 4.42 Å². The van der Waals surface area contributed by atoms with E-state index in [0.717, 1.165) is 21.9 Å². The van der Waals surface area contributed by atoms with Gasteiger partial charge in [-0.1, -0.05) is 164 Å². The summed E-state index contributed by atoms with van der Waals surface area (Å²) in [6.07, 6.45) is 0. The largest absolute Gasteiger partial charge is 0.456 e. The van der Waals surface area contributed by atoms with Gasteiger partial charge in [-0.05, 0) is 124 Å². The lowest BCUT2D eigenvalue weighted by Gasteiger charge is -2.30. The summed E-state index contributed by atoms with van der Waals surface area (Å²) in [7, 11) is 0. The van der Waals surface area contributed by atoms with E-state index in [0.29, 0.717) is 0 Å². The molecule has 0 spiro atoms. The number of benzene rings is 10. The summed E-state index contributed by atoms with van der Waals surface area (Å²) in [5, 5.41) is 12.5. The Morgan fingerprint density at radius 3 is 1.82 bits per heavy atom. The van der Waals surface area contributed by atoms with Crippen molar-refractivity contribution in [2.45, 2.75) is 12.3 Å². The molecule has 0 bridgehead atoms. The van der Waals surface area contributed by atoms with Crippen LogP contribution in [-0.4, -0.2) is 0 Å². The summed E-state index contributed by atoms with van der Waals surface area (Å²) < 4.78 is 6.35. The maximum atomic E-state index is 6.35. The lowest BCUT2D eigenvalue weighted by Crippen LogP contribution is -2.23. The van der Waals surface area contributed by atoms with Crippen LogP contribution in [0.2, 0.25) is 0 Å². The second-order valence-electron chi connectivity index (χ2n) is 15.3. The zero-order chi connectivity index (χ0) is 36.3. The number of furan rings is 1. The molecule has 1 atom stereocenters. The predicted octanol–water partition coefficient (Wildman–Crippen LogP) is 14.9. The van der Waals surface area contributed by atoms with Crippen molar-refractivity contribution in [3.05, 3.63) is 205 Å². The predicted molar refractivity (Wildman–Crippen MR) is 232 cm³/mol. The fraction of sp³-hybridized carbons (Fsp3) is 0.0370. The molecule has 0 saturated heterocycles. The molecule has 0 fully saturated rings. The van der Waals surface area contributed by atoms with Crippen LogP contribution < -0.4 is 0 Å². The summed E-state index contributed by atoms with van der Waals surface area (Å²) in [5.41, 5.74) is 13.0. The Morgan fingerprint density at radius 2 is 1.00 bits per heavy atom. The van der Waals surface area contributed by atoms with Crippen LogP contribution in [0.4, 0.5) is 0 Å². The van der Waals surface area contributed by atoms with Crippen molar-refractivity contribution in [1.29, 1.82) is 0 Å². The molecule has 1 aliphatic carbocycles. The Balaban J connectivity index is 1.20.